The average Bonchev–Trinajstić information content (AvgIpc) is 2.77. The van der Waals surface area contributed by atoms with Gasteiger partial charge in [0, 0.05) is 23.7 Å². The SMILES string of the molecule is N#Cc1ccc(NC(=O)O[C@@H](C/C=C/C(=O)NO)c2ccccc2OCCO)cc1. The second-order valence-corrected chi connectivity index (χ2v) is 5.93. The molecule has 2 aromatic rings. The van der Waals surface area contributed by atoms with Gasteiger partial charge in [-0.3, -0.25) is 15.3 Å². The number of anilines is 1. The summed E-state index contributed by atoms with van der Waals surface area (Å²) in [5, 5.41) is 29.0. The van der Waals surface area contributed by atoms with Crippen molar-refractivity contribution >= 4 is 17.7 Å². The van der Waals surface area contributed by atoms with Crippen LogP contribution in [0.2, 0.25) is 0 Å². The predicted molar refractivity (Wildman–Crippen MR) is 107 cm³/mol. The lowest BCUT2D eigenvalue weighted by atomic mass is 10.0. The van der Waals surface area contributed by atoms with Crippen molar-refractivity contribution in [2.45, 2.75) is 12.5 Å². The summed E-state index contributed by atoms with van der Waals surface area (Å²) in [6.45, 7) is -0.125. The van der Waals surface area contributed by atoms with E-state index in [1.807, 2.05) is 6.07 Å². The molecule has 0 aliphatic rings. The minimum absolute atomic E-state index is 0.0595. The predicted octanol–water partition coefficient (Wildman–Crippen LogP) is 2.67. The summed E-state index contributed by atoms with van der Waals surface area (Å²) < 4.78 is 11.0. The summed E-state index contributed by atoms with van der Waals surface area (Å²) in [6.07, 6.45) is 1.09. The van der Waals surface area contributed by atoms with E-state index in [0.29, 0.717) is 22.6 Å². The second kappa shape index (κ2) is 11.9. The molecule has 0 fully saturated rings. The van der Waals surface area contributed by atoms with Crippen LogP contribution in [0.15, 0.2) is 60.7 Å². The highest BCUT2D eigenvalue weighted by Gasteiger charge is 2.20. The van der Waals surface area contributed by atoms with Gasteiger partial charge >= 0.3 is 6.09 Å². The molecule has 0 aromatic heterocycles. The quantitative estimate of drug-likeness (QED) is 0.282. The fraction of sp³-hybridized carbons (Fsp3) is 0.190. The first-order chi connectivity index (χ1) is 14.6. The zero-order valence-corrected chi connectivity index (χ0v) is 15.9. The van der Waals surface area contributed by atoms with Crippen LogP contribution < -0.4 is 15.5 Å². The van der Waals surface area contributed by atoms with Crippen molar-refractivity contribution in [3.8, 4) is 11.8 Å². The van der Waals surface area contributed by atoms with Crippen molar-refractivity contribution in [3.63, 3.8) is 0 Å². The third kappa shape index (κ3) is 6.94. The maximum absolute atomic E-state index is 12.4. The number of ether oxygens (including phenoxy) is 2. The van der Waals surface area contributed by atoms with Gasteiger partial charge < -0.3 is 14.6 Å². The number of aliphatic hydroxyl groups excluding tert-OH is 1. The highest BCUT2D eigenvalue weighted by Crippen LogP contribution is 2.31. The molecule has 0 spiro atoms. The summed E-state index contributed by atoms with van der Waals surface area (Å²) in [4.78, 5) is 23.6. The van der Waals surface area contributed by atoms with Gasteiger partial charge in [-0.15, -0.1) is 0 Å². The van der Waals surface area contributed by atoms with E-state index >= 15 is 0 Å². The number of para-hydroxylation sites is 1. The minimum Gasteiger partial charge on any atom is -0.491 e. The maximum Gasteiger partial charge on any atom is 0.412 e. The Labute approximate surface area is 173 Å². The molecule has 2 rings (SSSR count). The molecule has 30 heavy (non-hydrogen) atoms. The van der Waals surface area contributed by atoms with E-state index in [0.717, 1.165) is 6.08 Å². The van der Waals surface area contributed by atoms with Crippen molar-refractivity contribution < 1.29 is 29.4 Å². The Morgan fingerprint density at radius 2 is 1.90 bits per heavy atom. The number of nitrogens with zero attached hydrogens (tertiary/aromatic N) is 1. The second-order valence-electron chi connectivity index (χ2n) is 5.93. The van der Waals surface area contributed by atoms with E-state index in [2.05, 4.69) is 5.32 Å². The minimum atomic E-state index is -0.819. The fourth-order valence-corrected chi connectivity index (χ4v) is 2.51. The third-order valence-corrected chi connectivity index (χ3v) is 3.85. The van der Waals surface area contributed by atoms with Crippen LogP contribution in [0, 0.1) is 11.3 Å². The fourth-order valence-electron chi connectivity index (χ4n) is 2.51. The molecule has 2 aromatic carbocycles. The largest absolute Gasteiger partial charge is 0.491 e. The normalized spacial score (nSPS) is 11.4. The Balaban J connectivity index is 2.18. The molecule has 9 heteroatoms. The summed E-state index contributed by atoms with van der Waals surface area (Å²) in [7, 11) is 0. The van der Waals surface area contributed by atoms with Gasteiger partial charge in [-0.25, -0.2) is 10.3 Å². The molecule has 1 atom stereocenters. The van der Waals surface area contributed by atoms with Gasteiger partial charge in [0.25, 0.3) is 5.91 Å². The molecular formula is C21H21N3O6. The van der Waals surface area contributed by atoms with Gasteiger partial charge in [0.2, 0.25) is 0 Å². The Morgan fingerprint density at radius 3 is 2.57 bits per heavy atom. The van der Waals surface area contributed by atoms with E-state index in [-0.39, 0.29) is 19.6 Å². The molecule has 0 saturated heterocycles. The molecule has 0 unspecified atom stereocenters. The van der Waals surface area contributed by atoms with E-state index in [9.17, 15) is 9.59 Å². The van der Waals surface area contributed by atoms with Crippen molar-refractivity contribution in [3.05, 3.63) is 71.8 Å². The van der Waals surface area contributed by atoms with Gasteiger partial charge in [0.15, 0.2) is 0 Å². The Kier molecular flexibility index (Phi) is 8.86. The lowest BCUT2D eigenvalue weighted by molar-refractivity contribution is -0.124. The Hall–Kier alpha value is -3.87. The number of nitriles is 1. The monoisotopic (exact) mass is 411 g/mol. The van der Waals surface area contributed by atoms with Crippen LogP contribution in [-0.4, -0.2) is 35.5 Å². The van der Waals surface area contributed by atoms with Crippen LogP contribution in [0.25, 0.3) is 0 Å². The van der Waals surface area contributed by atoms with Crippen LogP contribution in [0.4, 0.5) is 10.5 Å². The number of hydroxylamine groups is 1. The first-order valence-corrected chi connectivity index (χ1v) is 8.98. The lowest BCUT2D eigenvalue weighted by Gasteiger charge is -2.20. The van der Waals surface area contributed by atoms with Gasteiger partial charge in [-0.2, -0.15) is 5.26 Å². The van der Waals surface area contributed by atoms with Crippen molar-refractivity contribution in [1.82, 2.24) is 5.48 Å². The number of hydrogen-bond acceptors (Lipinski definition) is 7. The Morgan fingerprint density at radius 1 is 1.17 bits per heavy atom. The first-order valence-electron chi connectivity index (χ1n) is 8.98. The standard InChI is InChI=1S/C21H21N3O6/c22-14-15-8-10-16(11-9-15)23-21(27)30-19(6-3-7-20(26)24-28)17-4-1-2-5-18(17)29-13-12-25/h1-5,7-11,19,25,28H,6,12-13H2,(H,23,27)(H,24,26)/b7-3+/t19-/m0/s1. The number of nitrogens with one attached hydrogen (secondary N) is 2. The molecule has 0 saturated carbocycles. The molecule has 4 N–H and O–H groups in total. The summed E-state index contributed by atoms with van der Waals surface area (Å²) in [6, 6.07) is 15.1. The van der Waals surface area contributed by atoms with Gasteiger partial charge in [0.1, 0.15) is 18.5 Å². The van der Waals surface area contributed by atoms with E-state index in [4.69, 9.17) is 25.0 Å². The number of carbonyl (C=O) groups excluding carboxylic acids is 2. The van der Waals surface area contributed by atoms with Gasteiger partial charge in [-0.05, 0) is 30.3 Å². The average molecular weight is 411 g/mol. The number of benzene rings is 2. The number of carbonyl (C=O) groups is 2. The highest BCUT2D eigenvalue weighted by molar-refractivity contribution is 5.86. The van der Waals surface area contributed by atoms with Crippen LogP contribution >= 0.6 is 0 Å². The van der Waals surface area contributed by atoms with Crippen molar-refractivity contribution in [2.75, 3.05) is 18.5 Å². The molecule has 2 amide bonds. The highest BCUT2D eigenvalue weighted by atomic mass is 16.6. The summed E-state index contributed by atoms with van der Waals surface area (Å²) in [5.41, 5.74) is 2.91. The molecule has 9 nitrogen and oxygen atoms in total. The number of rotatable bonds is 9. The first kappa shape index (κ1) is 22.4. The summed E-state index contributed by atoms with van der Waals surface area (Å²) in [5.74, 6) is -0.302. The van der Waals surface area contributed by atoms with E-state index < -0.39 is 18.1 Å². The maximum atomic E-state index is 12.4. The molecule has 0 aliphatic carbocycles. The number of aliphatic hydroxyl groups is 1. The number of hydrogen-bond donors (Lipinski definition) is 4. The smallest absolute Gasteiger partial charge is 0.412 e. The molecule has 0 heterocycles. The van der Waals surface area contributed by atoms with Crippen LogP contribution in [-0.2, 0) is 9.53 Å². The zero-order chi connectivity index (χ0) is 21.8. The molecule has 0 aliphatic heterocycles. The van der Waals surface area contributed by atoms with Crippen LogP contribution in [0.1, 0.15) is 23.7 Å². The van der Waals surface area contributed by atoms with Crippen molar-refractivity contribution in [2.24, 2.45) is 0 Å². The number of amides is 2. The molecular weight excluding hydrogens is 390 g/mol. The zero-order valence-electron chi connectivity index (χ0n) is 15.9. The van der Waals surface area contributed by atoms with Crippen LogP contribution in [0.3, 0.4) is 0 Å². The van der Waals surface area contributed by atoms with Gasteiger partial charge in [0.05, 0.1) is 18.2 Å². The van der Waals surface area contributed by atoms with Crippen molar-refractivity contribution in [1.29, 1.82) is 5.26 Å². The summed E-state index contributed by atoms with van der Waals surface area (Å²) >= 11 is 0. The van der Waals surface area contributed by atoms with Crippen LogP contribution in [0.5, 0.6) is 5.75 Å². The van der Waals surface area contributed by atoms with E-state index in [1.165, 1.54) is 11.6 Å². The van der Waals surface area contributed by atoms with Gasteiger partial charge in [-0.1, -0.05) is 24.3 Å². The molecule has 156 valence electrons. The lowest BCUT2D eigenvalue weighted by Crippen LogP contribution is -2.19. The molecule has 0 radical (unpaired) electrons. The van der Waals surface area contributed by atoms with E-state index in [1.54, 1.807) is 48.5 Å². The Bertz CT molecular complexity index is 921. The third-order valence-electron chi connectivity index (χ3n) is 3.85. The topological polar surface area (TPSA) is 141 Å². The molecule has 0 bridgehead atoms.